The monoisotopic (exact) mass is 291 g/mol. The van der Waals surface area contributed by atoms with Crippen LogP contribution < -0.4 is 4.57 Å². The van der Waals surface area contributed by atoms with Crippen molar-refractivity contribution in [3.8, 4) is 11.3 Å². The van der Waals surface area contributed by atoms with Gasteiger partial charge in [-0.15, -0.1) is 0 Å². The van der Waals surface area contributed by atoms with Crippen LogP contribution in [0.15, 0.2) is 48.9 Å². The van der Waals surface area contributed by atoms with Gasteiger partial charge in [0.25, 0.3) is 0 Å². The number of nitrogens with zero attached hydrogens (tertiary/aromatic N) is 2. The molecule has 0 aliphatic rings. The minimum absolute atomic E-state index is 0.599. The van der Waals surface area contributed by atoms with Crippen LogP contribution in [0.4, 0.5) is 0 Å². The van der Waals surface area contributed by atoms with E-state index in [1.807, 2.05) is 12.4 Å². The van der Waals surface area contributed by atoms with Gasteiger partial charge in [0.1, 0.15) is 7.05 Å². The summed E-state index contributed by atoms with van der Waals surface area (Å²) in [7, 11) is 2.10. The molecule has 2 heterocycles. The first kappa shape index (κ1) is 14.7. The second kappa shape index (κ2) is 5.88. The largest absolute Gasteiger partial charge is 0.264 e. The first-order valence-electron chi connectivity index (χ1n) is 7.95. The maximum absolute atomic E-state index is 4.32. The van der Waals surface area contributed by atoms with Gasteiger partial charge in [-0.1, -0.05) is 26.0 Å². The van der Waals surface area contributed by atoms with Gasteiger partial charge in [-0.2, -0.15) is 0 Å². The van der Waals surface area contributed by atoms with E-state index >= 15 is 0 Å². The van der Waals surface area contributed by atoms with Crippen molar-refractivity contribution in [3.05, 3.63) is 60.0 Å². The van der Waals surface area contributed by atoms with Gasteiger partial charge in [-0.25, -0.2) is 4.57 Å². The SMILES string of the molecule is CCC(C)c1ccc2c(-c3cnccc3C)[n+](C)ccc2c1. The molecule has 0 N–H and O–H groups in total. The molecule has 0 bridgehead atoms. The molecule has 0 aliphatic heterocycles. The lowest BCUT2D eigenvalue weighted by atomic mass is 9.94. The van der Waals surface area contributed by atoms with Crippen LogP contribution >= 0.6 is 0 Å². The van der Waals surface area contributed by atoms with Gasteiger partial charge in [0, 0.05) is 18.5 Å². The molecule has 0 aliphatic carbocycles. The van der Waals surface area contributed by atoms with Gasteiger partial charge in [0.05, 0.1) is 10.9 Å². The fourth-order valence-corrected chi connectivity index (χ4v) is 2.98. The van der Waals surface area contributed by atoms with Crippen molar-refractivity contribution in [1.29, 1.82) is 0 Å². The molecule has 2 nitrogen and oxygen atoms in total. The van der Waals surface area contributed by atoms with Crippen molar-refractivity contribution in [1.82, 2.24) is 4.98 Å². The third-order valence-corrected chi connectivity index (χ3v) is 4.64. The molecule has 3 rings (SSSR count). The number of hydrogen-bond acceptors (Lipinski definition) is 1. The first-order valence-corrected chi connectivity index (χ1v) is 7.95. The molecule has 3 aromatic rings. The predicted molar refractivity (Wildman–Crippen MR) is 91.8 cm³/mol. The van der Waals surface area contributed by atoms with E-state index in [0.29, 0.717) is 5.92 Å². The maximum Gasteiger partial charge on any atom is 0.221 e. The molecule has 1 unspecified atom stereocenters. The third-order valence-electron chi connectivity index (χ3n) is 4.64. The molecule has 0 radical (unpaired) electrons. The standard InChI is InChI=1S/C20H23N2/c1-5-14(2)16-6-7-18-17(12-16)9-11-22(4)20(18)19-13-21-10-8-15(19)3/h6-14H,5H2,1-4H3/q+1. The van der Waals surface area contributed by atoms with Gasteiger partial charge in [0.2, 0.25) is 5.69 Å². The highest BCUT2D eigenvalue weighted by Gasteiger charge is 2.17. The minimum atomic E-state index is 0.599. The second-order valence-corrected chi connectivity index (χ2v) is 6.12. The number of benzene rings is 1. The van der Waals surface area contributed by atoms with Crippen LogP contribution in [-0.4, -0.2) is 4.98 Å². The highest BCUT2D eigenvalue weighted by molar-refractivity contribution is 5.93. The van der Waals surface area contributed by atoms with Crippen LogP contribution in [0.5, 0.6) is 0 Å². The van der Waals surface area contributed by atoms with E-state index < -0.39 is 0 Å². The Morgan fingerprint density at radius 3 is 2.73 bits per heavy atom. The fraction of sp³-hybridized carbons (Fsp3) is 0.300. The molecule has 112 valence electrons. The van der Waals surface area contributed by atoms with E-state index in [2.05, 4.69) is 73.9 Å². The highest BCUT2D eigenvalue weighted by Crippen LogP contribution is 2.29. The maximum atomic E-state index is 4.32. The number of fused-ring (bicyclic) bond motifs is 1. The Morgan fingerprint density at radius 1 is 1.18 bits per heavy atom. The van der Waals surface area contributed by atoms with Crippen LogP contribution in [0.3, 0.4) is 0 Å². The van der Waals surface area contributed by atoms with Gasteiger partial charge in [0.15, 0.2) is 6.20 Å². The molecule has 1 atom stereocenters. The summed E-state index contributed by atoms with van der Waals surface area (Å²) in [5.74, 6) is 0.599. The van der Waals surface area contributed by atoms with Crippen molar-refractivity contribution in [2.75, 3.05) is 0 Å². The van der Waals surface area contributed by atoms with Crippen molar-refractivity contribution in [2.45, 2.75) is 33.1 Å². The van der Waals surface area contributed by atoms with E-state index in [4.69, 9.17) is 0 Å². The van der Waals surface area contributed by atoms with Crippen LogP contribution in [0.1, 0.15) is 37.3 Å². The molecular formula is C20H23N2+. The van der Waals surface area contributed by atoms with Crippen molar-refractivity contribution >= 4 is 10.8 Å². The first-order chi connectivity index (χ1) is 10.6. The van der Waals surface area contributed by atoms with E-state index in [9.17, 15) is 0 Å². The lowest BCUT2D eigenvalue weighted by Crippen LogP contribution is -2.30. The van der Waals surface area contributed by atoms with Crippen molar-refractivity contribution < 1.29 is 4.57 Å². The van der Waals surface area contributed by atoms with E-state index in [-0.39, 0.29) is 0 Å². The number of aryl methyl sites for hydroxylation is 2. The quantitative estimate of drug-likeness (QED) is 0.647. The summed E-state index contributed by atoms with van der Waals surface area (Å²) in [6, 6.07) is 11.1. The molecule has 0 fully saturated rings. The number of pyridine rings is 2. The number of rotatable bonds is 3. The molecule has 0 amide bonds. The van der Waals surface area contributed by atoms with E-state index in [0.717, 1.165) is 0 Å². The van der Waals surface area contributed by atoms with Crippen LogP contribution in [-0.2, 0) is 7.05 Å². The van der Waals surface area contributed by atoms with Gasteiger partial charge in [-0.05, 0) is 47.9 Å². The summed E-state index contributed by atoms with van der Waals surface area (Å²) in [4.78, 5) is 4.32. The molecular weight excluding hydrogens is 268 g/mol. The lowest BCUT2D eigenvalue weighted by molar-refractivity contribution is -0.659. The number of hydrogen-bond donors (Lipinski definition) is 0. The zero-order valence-electron chi connectivity index (χ0n) is 13.8. The van der Waals surface area contributed by atoms with Crippen molar-refractivity contribution in [3.63, 3.8) is 0 Å². The molecule has 1 aromatic carbocycles. The smallest absolute Gasteiger partial charge is 0.221 e. The summed E-state index contributed by atoms with van der Waals surface area (Å²) in [6.45, 7) is 6.67. The third kappa shape index (κ3) is 2.50. The lowest BCUT2D eigenvalue weighted by Gasteiger charge is -2.12. The second-order valence-electron chi connectivity index (χ2n) is 6.12. The Bertz CT molecular complexity index is 821. The predicted octanol–water partition coefficient (Wildman–Crippen LogP) is 4.55. The Hall–Kier alpha value is -2.22. The Balaban J connectivity index is 2.26. The zero-order chi connectivity index (χ0) is 15.7. The van der Waals surface area contributed by atoms with Crippen LogP contribution in [0.2, 0.25) is 0 Å². The summed E-state index contributed by atoms with van der Waals surface area (Å²) in [5, 5.41) is 2.59. The van der Waals surface area contributed by atoms with Crippen molar-refractivity contribution in [2.24, 2.45) is 7.05 Å². The van der Waals surface area contributed by atoms with Gasteiger partial charge in [-0.3, -0.25) is 4.98 Å². The molecule has 0 saturated carbocycles. The molecule has 0 spiro atoms. The molecule has 2 heteroatoms. The summed E-state index contributed by atoms with van der Waals surface area (Å²) in [5.41, 5.74) is 5.10. The van der Waals surface area contributed by atoms with Crippen LogP contribution in [0.25, 0.3) is 22.0 Å². The van der Waals surface area contributed by atoms with E-state index in [1.54, 1.807) is 0 Å². The topological polar surface area (TPSA) is 16.8 Å². The summed E-state index contributed by atoms with van der Waals surface area (Å²) < 4.78 is 2.19. The average molecular weight is 291 g/mol. The Kier molecular flexibility index (Phi) is 3.93. The molecule has 0 saturated heterocycles. The number of aromatic nitrogens is 2. The van der Waals surface area contributed by atoms with Crippen LogP contribution in [0, 0.1) is 6.92 Å². The highest BCUT2D eigenvalue weighted by atomic mass is 14.9. The zero-order valence-corrected chi connectivity index (χ0v) is 13.8. The van der Waals surface area contributed by atoms with Gasteiger partial charge >= 0.3 is 0 Å². The Morgan fingerprint density at radius 2 is 2.00 bits per heavy atom. The molecule has 22 heavy (non-hydrogen) atoms. The fourth-order valence-electron chi connectivity index (χ4n) is 2.98. The minimum Gasteiger partial charge on any atom is -0.264 e. The molecule has 2 aromatic heterocycles. The van der Waals surface area contributed by atoms with Gasteiger partial charge < -0.3 is 0 Å². The Labute approximate surface area is 132 Å². The normalized spacial score (nSPS) is 12.5. The van der Waals surface area contributed by atoms with E-state index in [1.165, 1.54) is 39.6 Å². The average Bonchev–Trinajstić information content (AvgIpc) is 2.54. The summed E-state index contributed by atoms with van der Waals surface area (Å²) >= 11 is 0. The summed E-state index contributed by atoms with van der Waals surface area (Å²) in [6.07, 6.45) is 7.13.